The van der Waals surface area contributed by atoms with Crippen molar-refractivity contribution >= 4 is 5.97 Å². The van der Waals surface area contributed by atoms with E-state index in [1.54, 1.807) is 0 Å². The lowest BCUT2D eigenvalue weighted by molar-refractivity contribution is -0.143. The number of ether oxygens (including phenoxy) is 1. The first kappa shape index (κ1) is 34.7. The number of unbranched alkanes of at least 4 members (excludes halogenated alkanes) is 18. The van der Waals surface area contributed by atoms with Gasteiger partial charge in [0.1, 0.15) is 0 Å². The van der Waals surface area contributed by atoms with Gasteiger partial charge in [0.15, 0.2) is 0 Å². The number of esters is 1. The first-order valence-corrected chi connectivity index (χ1v) is 15.9. The molecule has 0 atom stereocenters. The van der Waals surface area contributed by atoms with Gasteiger partial charge in [-0.05, 0) is 44.9 Å². The van der Waals surface area contributed by atoms with Crippen LogP contribution in [0.2, 0.25) is 0 Å². The molecular formula is C34H62O2. The highest BCUT2D eigenvalue weighted by molar-refractivity contribution is 5.69. The lowest BCUT2D eigenvalue weighted by Gasteiger charge is -2.05. The Morgan fingerprint density at radius 1 is 0.500 bits per heavy atom. The summed E-state index contributed by atoms with van der Waals surface area (Å²) in [4.78, 5) is 11.9. The zero-order chi connectivity index (χ0) is 26.2. The first-order valence-electron chi connectivity index (χ1n) is 15.9. The molecule has 0 amide bonds. The van der Waals surface area contributed by atoms with Crippen molar-refractivity contribution in [2.24, 2.45) is 0 Å². The maximum absolute atomic E-state index is 11.9. The summed E-state index contributed by atoms with van der Waals surface area (Å²) in [7, 11) is 0. The Bertz CT molecular complexity index is 517. The van der Waals surface area contributed by atoms with Crippen molar-refractivity contribution < 1.29 is 9.53 Å². The molecule has 0 aromatic rings. The van der Waals surface area contributed by atoms with Crippen molar-refractivity contribution in [1.82, 2.24) is 0 Å². The van der Waals surface area contributed by atoms with E-state index < -0.39 is 0 Å². The molecule has 0 heterocycles. The predicted octanol–water partition coefficient (Wildman–Crippen LogP) is 11.6. The van der Waals surface area contributed by atoms with Crippen molar-refractivity contribution in [1.29, 1.82) is 0 Å². The van der Waals surface area contributed by atoms with Crippen molar-refractivity contribution in [3.05, 3.63) is 36.5 Å². The fraction of sp³-hybridized carbons (Fsp3) is 0.794. The Labute approximate surface area is 226 Å². The van der Waals surface area contributed by atoms with Crippen LogP contribution in [0.1, 0.15) is 168 Å². The zero-order valence-corrected chi connectivity index (χ0v) is 24.5. The van der Waals surface area contributed by atoms with E-state index in [9.17, 15) is 4.79 Å². The van der Waals surface area contributed by atoms with E-state index in [1.807, 2.05) is 0 Å². The second-order valence-electron chi connectivity index (χ2n) is 10.4. The van der Waals surface area contributed by atoms with Gasteiger partial charge in [0.05, 0.1) is 6.61 Å². The van der Waals surface area contributed by atoms with Gasteiger partial charge in [-0.2, -0.15) is 0 Å². The number of hydrogen-bond acceptors (Lipinski definition) is 2. The standard InChI is InChI=1S/C34H62O2/c1-3-5-7-9-11-13-15-17-19-20-22-24-26-28-30-32-34(35)36-33-31-29-27-25-23-21-18-16-14-12-10-8-6-4-2/h5,7,11,13,17,19H,3-4,6,8-10,12,14-16,18,20-33H2,1-2H3/b7-5-,13-11-,19-17-. The molecule has 0 saturated heterocycles. The Hall–Kier alpha value is -1.31. The minimum Gasteiger partial charge on any atom is -0.466 e. The van der Waals surface area contributed by atoms with E-state index in [0.717, 1.165) is 38.5 Å². The molecule has 0 N–H and O–H groups in total. The lowest BCUT2D eigenvalue weighted by atomic mass is 10.0. The maximum atomic E-state index is 11.9. The third kappa shape index (κ3) is 30.7. The molecule has 0 radical (unpaired) electrons. The molecule has 0 aromatic carbocycles. The molecule has 0 aliphatic rings. The summed E-state index contributed by atoms with van der Waals surface area (Å²) in [5.74, 6) is 0.00543. The van der Waals surface area contributed by atoms with Crippen molar-refractivity contribution in [2.75, 3.05) is 6.61 Å². The molecule has 0 aliphatic heterocycles. The normalized spacial score (nSPS) is 11.9. The fourth-order valence-electron chi connectivity index (χ4n) is 4.44. The van der Waals surface area contributed by atoms with Crippen LogP contribution in [0.5, 0.6) is 0 Å². The van der Waals surface area contributed by atoms with Crippen LogP contribution in [0.4, 0.5) is 0 Å². The van der Waals surface area contributed by atoms with Gasteiger partial charge in [-0.1, -0.05) is 153 Å². The number of carbonyl (C=O) groups excluding carboxylic acids is 1. The lowest BCUT2D eigenvalue weighted by Crippen LogP contribution is -2.05. The number of carbonyl (C=O) groups is 1. The molecule has 36 heavy (non-hydrogen) atoms. The Balaban J connectivity index is 3.24. The van der Waals surface area contributed by atoms with Crippen LogP contribution >= 0.6 is 0 Å². The van der Waals surface area contributed by atoms with Crippen LogP contribution < -0.4 is 0 Å². The van der Waals surface area contributed by atoms with Gasteiger partial charge in [-0.15, -0.1) is 0 Å². The highest BCUT2D eigenvalue weighted by Gasteiger charge is 2.02. The van der Waals surface area contributed by atoms with Crippen molar-refractivity contribution in [3.8, 4) is 0 Å². The van der Waals surface area contributed by atoms with Gasteiger partial charge >= 0.3 is 5.97 Å². The molecule has 0 bridgehead atoms. The fourth-order valence-corrected chi connectivity index (χ4v) is 4.44. The Kier molecular flexibility index (Phi) is 30.6. The van der Waals surface area contributed by atoms with Gasteiger partial charge < -0.3 is 4.74 Å². The third-order valence-electron chi connectivity index (χ3n) is 6.79. The quantitative estimate of drug-likeness (QED) is 0.0604. The Morgan fingerprint density at radius 2 is 0.944 bits per heavy atom. The van der Waals surface area contributed by atoms with E-state index in [-0.39, 0.29) is 5.97 Å². The topological polar surface area (TPSA) is 26.3 Å². The number of allylic oxidation sites excluding steroid dienone is 6. The van der Waals surface area contributed by atoms with E-state index in [2.05, 4.69) is 50.3 Å². The summed E-state index contributed by atoms with van der Waals surface area (Å²) < 4.78 is 5.41. The minimum atomic E-state index is 0.00543. The summed E-state index contributed by atoms with van der Waals surface area (Å²) >= 11 is 0. The largest absolute Gasteiger partial charge is 0.466 e. The van der Waals surface area contributed by atoms with Crippen LogP contribution in [-0.2, 0) is 9.53 Å². The van der Waals surface area contributed by atoms with Gasteiger partial charge in [0.2, 0.25) is 0 Å². The van der Waals surface area contributed by atoms with Crippen LogP contribution in [-0.4, -0.2) is 12.6 Å². The zero-order valence-electron chi connectivity index (χ0n) is 24.5. The van der Waals surface area contributed by atoms with Gasteiger partial charge in [0.25, 0.3) is 0 Å². The van der Waals surface area contributed by atoms with Crippen molar-refractivity contribution in [3.63, 3.8) is 0 Å². The van der Waals surface area contributed by atoms with Crippen LogP contribution in [0.15, 0.2) is 36.5 Å². The first-order chi connectivity index (χ1) is 17.8. The van der Waals surface area contributed by atoms with Gasteiger partial charge in [-0.25, -0.2) is 0 Å². The summed E-state index contributed by atoms with van der Waals surface area (Å²) in [5.41, 5.74) is 0. The van der Waals surface area contributed by atoms with Gasteiger partial charge in [-0.3, -0.25) is 4.79 Å². The summed E-state index contributed by atoms with van der Waals surface area (Å²) in [5, 5.41) is 0. The second kappa shape index (κ2) is 31.7. The van der Waals surface area contributed by atoms with Crippen LogP contribution in [0.3, 0.4) is 0 Å². The van der Waals surface area contributed by atoms with Crippen molar-refractivity contribution in [2.45, 2.75) is 168 Å². The molecule has 210 valence electrons. The molecule has 0 rings (SSSR count). The molecule has 2 heteroatoms. The molecule has 0 saturated carbocycles. The molecule has 2 nitrogen and oxygen atoms in total. The summed E-state index contributed by atoms with van der Waals surface area (Å²) in [6.45, 7) is 5.07. The Morgan fingerprint density at radius 3 is 1.50 bits per heavy atom. The van der Waals surface area contributed by atoms with E-state index in [1.165, 1.54) is 109 Å². The average molecular weight is 503 g/mol. The SMILES string of the molecule is CC/C=C\C/C=C\C/C=C\CCCCCCCC(=O)OCCCCCCCCCCCCCCCC. The smallest absolute Gasteiger partial charge is 0.305 e. The molecular weight excluding hydrogens is 440 g/mol. The van der Waals surface area contributed by atoms with Gasteiger partial charge in [0, 0.05) is 6.42 Å². The molecule has 0 unspecified atom stereocenters. The second-order valence-corrected chi connectivity index (χ2v) is 10.4. The minimum absolute atomic E-state index is 0.00543. The third-order valence-corrected chi connectivity index (χ3v) is 6.79. The molecule has 0 spiro atoms. The predicted molar refractivity (Wildman–Crippen MR) is 161 cm³/mol. The molecule has 0 fully saturated rings. The monoisotopic (exact) mass is 502 g/mol. The van der Waals surface area contributed by atoms with E-state index >= 15 is 0 Å². The number of rotatable bonds is 28. The summed E-state index contributed by atoms with van der Waals surface area (Å²) in [6, 6.07) is 0. The summed E-state index contributed by atoms with van der Waals surface area (Å²) in [6.07, 6.45) is 43.3. The highest BCUT2D eigenvalue weighted by atomic mass is 16.5. The molecule has 0 aliphatic carbocycles. The molecule has 0 aromatic heterocycles. The van der Waals surface area contributed by atoms with E-state index in [4.69, 9.17) is 4.74 Å². The average Bonchev–Trinajstić information content (AvgIpc) is 2.88. The van der Waals surface area contributed by atoms with Crippen LogP contribution in [0.25, 0.3) is 0 Å². The maximum Gasteiger partial charge on any atom is 0.305 e. The number of hydrogen-bond donors (Lipinski definition) is 0. The van der Waals surface area contributed by atoms with Crippen LogP contribution in [0, 0.1) is 0 Å². The highest BCUT2D eigenvalue weighted by Crippen LogP contribution is 2.13. The van der Waals surface area contributed by atoms with E-state index in [0.29, 0.717) is 13.0 Å².